The molecule has 0 fully saturated rings. The van der Waals surface area contributed by atoms with Gasteiger partial charge in [0.25, 0.3) is 0 Å². The van der Waals surface area contributed by atoms with Crippen LogP contribution in [0.2, 0.25) is 0 Å². The summed E-state index contributed by atoms with van der Waals surface area (Å²) in [6.45, 7) is 6.99. The minimum Gasteiger partial charge on any atom is -0.308 e. The molecule has 0 saturated carbocycles. The third-order valence-corrected chi connectivity index (χ3v) is 3.28. The van der Waals surface area contributed by atoms with E-state index in [0.717, 1.165) is 12.2 Å². The molecule has 1 aromatic heterocycles. The molecule has 4 nitrogen and oxygen atoms in total. The van der Waals surface area contributed by atoms with Crippen molar-refractivity contribution in [2.24, 2.45) is 0 Å². The van der Waals surface area contributed by atoms with Gasteiger partial charge in [-0.3, -0.25) is 8.89 Å². The largest absolute Gasteiger partial charge is 0.308 e. The molecule has 0 aliphatic carbocycles. The van der Waals surface area contributed by atoms with E-state index in [1.807, 2.05) is 23.9 Å². The van der Waals surface area contributed by atoms with Gasteiger partial charge in [-0.1, -0.05) is 0 Å². The van der Waals surface area contributed by atoms with Crippen LogP contribution in [0.4, 0.5) is 0 Å². The molecule has 92 valence electrons. The molecular formula is C11H21N3OS. The summed E-state index contributed by atoms with van der Waals surface area (Å²) in [7, 11) is -0.744. The molecule has 1 heterocycles. The number of aromatic nitrogens is 2. The molecule has 2 unspecified atom stereocenters. The molecule has 0 aromatic carbocycles. The minimum atomic E-state index is -0.744. The second-order valence-electron chi connectivity index (χ2n) is 4.40. The second kappa shape index (κ2) is 6.15. The molecule has 16 heavy (non-hydrogen) atoms. The normalized spacial score (nSPS) is 15.3. The van der Waals surface area contributed by atoms with Crippen LogP contribution in [0.5, 0.6) is 0 Å². The third-order valence-electron chi connectivity index (χ3n) is 2.31. The molecule has 1 N–H and O–H groups in total. The predicted octanol–water partition coefficient (Wildman–Crippen LogP) is 1.32. The maximum Gasteiger partial charge on any atom is 0.0762 e. The van der Waals surface area contributed by atoms with Gasteiger partial charge in [0, 0.05) is 47.6 Å². The SMILES string of the molecule is CC(CS(C)=O)NCc1ccn(C(C)C)n1. The van der Waals surface area contributed by atoms with E-state index >= 15 is 0 Å². The molecule has 2 atom stereocenters. The van der Waals surface area contributed by atoms with Gasteiger partial charge in [0.2, 0.25) is 0 Å². The Hall–Kier alpha value is -0.680. The summed E-state index contributed by atoms with van der Waals surface area (Å²) in [4.78, 5) is 0. The fourth-order valence-corrected chi connectivity index (χ4v) is 2.27. The second-order valence-corrected chi connectivity index (χ2v) is 5.88. The average molecular weight is 243 g/mol. The lowest BCUT2D eigenvalue weighted by atomic mass is 10.3. The summed E-state index contributed by atoms with van der Waals surface area (Å²) in [6, 6.07) is 2.67. The van der Waals surface area contributed by atoms with Crippen LogP contribution in [0.25, 0.3) is 0 Å². The third kappa shape index (κ3) is 4.45. The maximum absolute atomic E-state index is 11.0. The summed E-state index contributed by atoms with van der Waals surface area (Å²) in [5.74, 6) is 0.685. The van der Waals surface area contributed by atoms with E-state index in [4.69, 9.17) is 0 Å². The van der Waals surface area contributed by atoms with Gasteiger partial charge in [0.05, 0.1) is 5.69 Å². The van der Waals surface area contributed by atoms with Crippen molar-refractivity contribution in [3.05, 3.63) is 18.0 Å². The van der Waals surface area contributed by atoms with Crippen LogP contribution in [0.1, 0.15) is 32.5 Å². The smallest absolute Gasteiger partial charge is 0.0762 e. The highest BCUT2D eigenvalue weighted by Gasteiger charge is 2.06. The Morgan fingerprint density at radius 2 is 2.19 bits per heavy atom. The summed E-state index contributed by atoms with van der Waals surface area (Å²) >= 11 is 0. The van der Waals surface area contributed by atoms with Gasteiger partial charge < -0.3 is 5.32 Å². The lowest BCUT2D eigenvalue weighted by Crippen LogP contribution is -2.30. The lowest BCUT2D eigenvalue weighted by molar-refractivity contribution is 0.515. The van der Waals surface area contributed by atoms with Crippen LogP contribution in [-0.4, -0.2) is 32.0 Å². The van der Waals surface area contributed by atoms with Gasteiger partial charge in [0.1, 0.15) is 0 Å². The molecular weight excluding hydrogens is 222 g/mol. The summed E-state index contributed by atoms with van der Waals surface area (Å²) in [5, 5.41) is 7.75. The van der Waals surface area contributed by atoms with Crippen LogP contribution in [0, 0.1) is 0 Å². The van der Waals surface area contributed by atoms with Crippen molar-refractivity contribution < 1.29 is 4.21 Å². The highest BCUT2D eigenvalue weighted by atomic mass is 32.2. The number of rotatable bonds is 6. The summed E-state index contributed by atoms with van der Waals surface area (Å²) < 4.78 is 13.0. The standard InChI is InChI=1S/C11H21N3OS/c1-9(2)14-6-5-11(13-14)7-12-10(3)8-16(4)15/h5-6,9-10,12H,7-8H2,1-4H3. The molecule has 0 amide bonds. The molecule has 5 heteroatoms. The first-order valence-electron chi connectivity index (χ1n) is 5.56. The lowest BCUT2D eigenvalue weighted by Gasteiger charge is -2.10. The van der Waals surface area contributed by atoms with Gasteiger partial charge in [-0.25, -0.2) is 0 Å². The van der Waals surface area contributed by atoms with Crippen molar-refractivity contribution in [2.45, 2.75) is 39.4 Å². The Kier molecular flexibility index (Phi) is 5.15. The fourth-order valence-electron chi connectivity index (χ4n) is 1.45. The monoisotopic (exact) mass is 243 g/mol. The number of hydrogen-bond donors (Lipinski definition) is 1. The molecule has 0 radical (unpaired) electrons. The Morgan fingerprint density at radius 1 is 1.50 bits per heavy atom. The average Bonchev–Trinajstić information content (AvgIpc) is 2.61. The number of nitrogens with zero attached hydrogens (tertiary/aromatic N) is 2. The molecule has 0 aliphatic heterocycles. The molecule has 0 spiro atoms. The number of nitrogens with one attached hydrogen (secondary N) is 1. The summed E-state index contributed by atoms with van der Waals surface area (Å²) in [6.07, 6.45) is 3.72. The van der Waals surface area contributed by atoms with E-state index in [1.165, 1.54) is 0 Å². The van der Waals surface area contributed by atoms with Crippen LogP contribution in [0.3, 0.4) is 0 Å². The molecule has 0 saturated heterocycles. The van der Waals surface area contributed by atoms with E-state index in [-0.39, 0.29) is 6.04 Å². The predicted molar refractivity (Wildman–Crippen MR) is 67.8 cm³/mol. The molecule has 0 aliphatic rings. The van der Waals surface area contributed by atoms with Crippen LogP contribution in [0.15, 0.2) is 12.3 Å². The topological polar surface area (TPSA) is 46.9 Å². The van der Waals surface area contributed by atoms with Gasteiger partial charge in [0.15, 0.2) is 0 Å². The Balaban J connectivity index is 2.39. The van der Waals surface area contributed by atoms with Crippen LogP contribution < -0.4 is 5.32 Å². The van der Waals surface area contributed by atoms with Crippen molar-refractivity contribution in [3.8, 4) is 0 Å². The van der Waals surface area contributed by atoms with E-state index in [0.29, 0.717) is 11.8 Å². The van der Waals surface area contributed by atoms with E-state index in [9.17, 15) is 4.21 Å². The van der Waals surface area contributed by atoms with Crippen LogP contribution >= 0.6 is 0 Å². The quantitative estimate of drug-likeness (QED) is 0.819. The van der Waals surface area contributed by atoms with Gasteiger partial charge in [-0.05, 0) is 26.8 Å². The zero-order valence-corrected chi connectivity index (χ0v) is 11.3. The Labute approximate surface area is 99.9 Å². The van der Waals surface area contributed by atoms with Crippen molar-refractivity contribution in [1.29, 1.82) is 0 Å². The zero-order chi connectivity index (χ0) is 12.1. The van der Waals surface area contributed by atoms with Crippen molar-refractivity contribution >= 4 is 10.8 Å². The van der Waals surface area contributed by atoms with Crippen molar-refractivity contribution in [3.63, 3.8) is 0 Å². The van der Waals surface area contributed by atoms with E-state index in [1.54, 1.807) is 6.26 Å². The fraction of sp³-hybridized carbons (Fsp3) is 0.727. The number of hydrogen-bond acceptors (Lipinski definition) is 3. The first kappa shape index (κ1) is 13.4. The Morgan fingerprint density at radius 3 is 2.69 bits per heavy atom. The first-order chi connectivity index (χ1) is 7.49. The highest BCUT2D eigenvalue weighted by Crippen LogP contribution is 2.04. The van der Waals surface area contributed by atoms with Crippen LogP contribution in [-0.2, 0) is 17.3 Å². The van der Waals surface area contributed by atoms with Crippen molar-refractivity contribution in [2.75, 3.05) is 12.0 Å². The van der Waals surface area contributed by atoms with Gasteiger partial charge >= 0.3 is 0 Å². The Bertz CT molecular complexity index is 349. The van der Waals surface area contributed by atoms with E-state index < -0.39 is 10.8 Å². The minimum absolute atomic E-state index is 0.259. The molecule has 1 rings (SSSR count). The summed E-state index contributed by atoms with van der Waals surface area (Å²) in [5.41, 5.74) is 1.03. The van der Waals surface area contributed by atoms with Gasteiger partial charge in [-0.2, -0.15) is 5.10 Å². The highest BCUT2D eigenvalue weighted by molar-refractivity contribution is 7.84. The molecule has 1 aromatic rings. The zero-order valence-electron chi connectivity index (χ0n) is 10.4. The van der Waals surface area contributed by atoms with Gasteiger partial charge in [-0.15, -0.1) is 0 Å². The van der Waals surface area contributed by atoms with Crippen molar-refractivity contribution in [1.82, 2.24) is 15.1 Å². The molecule has 0 bridgehead atoms. The van der Waals surface area contributed by atoms with E-state index in [2.05, 4.69) is 24.3 Å². The first-order valence-corrected chi connectivity index (χ1v) is 7.29. The maximum atomic E-state index is 11.0.